The van der Waals surface area contributed by atoms with Crippen molar-refractivity contribution in [3.8, 4) is 0 Å². The summed E-state index contributed by atoms with van der Waals surface area (Å²) in [6.07, 6.45) is 2.25. The minimum absolute atomic E-state index is 0.0880. The summed E-state index contributed by atoms with van der Waals surface area (Å²) in [6, 6.07) is 7.04. The lowest BCUT2D eigenvalue weighted by atomic mass is 9.93. The van der Waals surface area contributed by atoms with Crippen molar-refractivity contribution in [2.24, 2.45) is 11.8 Å². The molecule has 0 aromatic heterocycles. The van der Waals surface area contributed by atoms with E-state index in [0.29, 0.717) is 24.3 Å². The largest absolute Gasteiger partial charge is 0.353 e. The first-order valence-corrected chi connectivity index (χ1v) is 7.82. The predicted molar refractivity (Wildman–Crippen MR) is 82.5 cm³/mol. The molecule has 0 radical (unpaired) electrons. The van der Waals surface area contributed by atoms with Gasteiger partial charge in [0.05, 0.1) is 0 Å². The van der Waals surface area contributed by atoms with Crippen molar-refractivity contribution in [2.45, 2.75) is 39.2 Å². The molecule has 2 N–H and O–H groups in total. The predicted octanol–water partition coefficient (Wildman–Crippen LogP) is 2.51. The number of benzene rings is 1. The van der Waals surface area contributed by atoms with E-state index in [-0.39, 0.29) is 23.7 Å². The van der Waals surface area contributed by atoms with Crippen LogP contribution in [0.2, 0.25) is 0 Å². The Hall–Kier alpha value is -1.42. The third-order valence-corrected chi connectivity index (χ3v) is 4.37. The van der Waals surface area contributed by atoms with Crippen LogP contribution in [0, 0.1) is 17.7 Å². The average Bonchev–Trinajstić information content (AvgIpc) is 2.48. The first kappa shape index (κ1) is 16.0. The van der Waals surface area contributed by atoms with E-state index in [1.54, 1.807) is 12.1 Å². The molecular weight excluding hydrogens is 267 g/mol. The number of halogens is 1. The average molecular weight is 292 g/mol. The van der Waals surface area contributed by atoms with Gasteiger partial charge >= 0.3 is 0 Å². The zero-order valence-corrected chi connectivity index (χ0v) is 12.9. The molecular formula is C17H25FN2O. The molecule has 1 amide bonds. The van der Waals surface area contributed by atoms with Crippen LogP contribution in [0.25, 0.3) is 0 Å². The molecule has 1 heterocycles. The van der Waals surface area contributed by atoms with E-state index in [2.05, 4.69) is 17.6 Å². The highest BCUT2D eigenvalue weighted by molar-refractivity contribution is 5.78. The third-order valence-electron chi connectivity index (χ3n) is 4.37. The highest BCUT2D eigenvalue weighted by Gasteiger charge is 2.24. The zero-order chi connectivity index (χ0) is 15.2. The Morgan fingerprint density at radius 2 is 2.24 bits per heavy atom. The van der Waals surface area contributed by atoms with Gasteiger partial charge in [0.1, 0.15) is 5.82 Å². The van der Waals surface area contributed by atoms with Gasteiger partial charge in [0.2, 0.25) is 5.91 Å². The van der Waals surface area contributed by atoms with Crippen molar-refractivity contribution in [3.05, 3.63) is 35.6 Å². The molecule has 0 bridgehead atoms. The fourth-order valence-electron chi connectivity index (χ4n) is 2.76. The number of nitrogens with one attached hydrogen (secondary N) is 2. The van der Waals surface area contributed by atoms with E-state index < -0.39 is 0 Å². The minimum Gasteiger partial charge on any atom is -0.353 e. The van der Waals surface area contributed by atoms with Crippen LogP contribution in [0.4, 0.5) is 4.39 Å². The number of aryl methyl sites for hydroxylation is 1. The van der Waals surface area contributed by atoms with Crippen molar-refractivity contribution in [1.29, 1.82) is 0 Å². The first-order chi connectivity index (χ1) is 10.1. The van der Waals surface area contributed by atoms with Crippen LogP contribution in [0.1, 0.15) is 32.3 Å². The maximum Gasteiger partial charge on any atom is 0.223 e. The van der Waals surface area contributed by atoms with Gasteiger partial charge in [-0.1, -0.05) is 32.0 Å². The van der Waals surface area contributed by atoms with Crippen LogP contribution in [0.5, 0.6) is 0 Å². The number of carbonyl (C=O) groups excluding carboxylic acids is 1. The number of rotatable bonds is 5. The van der Waals surface area contributed by atoms with E-state index >= 15 is 0 Å². The standard InChI is InChI=1S/C17H25FN2O/c1-12(7-8-14-5-3-4-6-15(14)18)17(21)20-16-9-10-19-11-13(16)2/h3-6,12-13,16,19H,7-11H2,1-2H3,(H,20,21). The molecule has 0 spiro atoms. The normalized spacial score (nSPS) is 23.6. The van der Waals surface area contributed by atoms with Crippen LogP contribution in [0.3, 0.4) is 0 Å². The van der Waals surface area contributed by atoms with Gasteiger partial charge in [0, 0.05) is 12.0 Å². The Balaban J connectivity index is 1.81. The van der Waals surface area contributed by atoms with Crippen molar-refractivity contribution in [1.82, 2.24) is 10.6 Å². The summed E-state index contributed by atoms with van der Waals surface area (Å²) in [5.41, 5.74) is 0.687. The van der Waals surface area contributed by atoms with E-state index in [0.717, 1.165) is 19.5 Å². The van der Waals surface area contributed by atoms with Gasteiger partial charge in [-0.05, 0) is 49.9 Å². The summed E-state index contributed by atoms with van der Waals surface area (Å²) in [4.78, 5) is 12.2. The maximum atomic E-state index is 13.6. The van der Waals surface area contributed by atoms with Gasteiger partial charge in [0.25, 0.3) is 0 Å². The van der Waals surface area contributed by atoms with Crippen molar-refractivity contribution < 1.29 is 9.18 Å². The van der Waals surface area contributed by atoms with Crippen molar-refractivity contribution >= 4 is 5.91 Å². The topological polar surface area (TPSA) is 41.1 Å². The fraction of sp³-hybridized carbons (Fsp3) is 0.588. The molecule has 3 unspecified atom stereocenters. The third kappa shape index (κ3) is 4.53. The fourth-order valence-corrected chi connectivity index (χ4v) is 2.76. The second-order valence-corrected chi connectivity index (χ2v) is 6.12. The molecule has 21 heavy (non-hydrogen) atoms. The Bertz CT molecular complexity index is 478. The second-order valence-electron chi connectivity index (χ2n) is 6.12. The molecule has 3 nitrogen and oxygen atoms in total. The van der Waals surface area contributed by atoms with Crippen LogP contribution in [-0.2, 0) is 11.2 Å². The van der Waals surface area contributed by atoms with Gasteiger partial charge < -0.3 is 10.6 Å². The summed E-state index contributed by atoms with van der Waals surface area (Å²) in [7, 11) is 0. The van der Waals surface area contributed by atoms with Gasteiger partial charge in [-0.15, -0.1) is 0 Å². The minimum atomic E-state index is -0.183. The molecule has 2 rings (SSSR count). The molecule has 4 heteroatoms. The van der Waals surface area contributed by atoms with Gasteiger partial charge in [-0.2, -0.15) is 0 Å². The van der Waals surface area contributed by atoms with Crippen LogP contribution in [-0.4, -0.2) is 25.0 Å². The molecule has 0 saturated carbocycles. The van der Waals surface area contributed by atoms with Crippen molar-refractivity contribution in [3.63, 3.8) is 0 Å². The molecule has 1 aliphatic heterocycles. The summed E-state index contributed by atoms with van der Waals surface area (Å²) in [6.45, 7) is 5.98. The highest BCUT2D eigenvalue weighted by Crippen LogP contribution is 2.15. The molecule has 1 aromatic carbocycles. The number of hydrogen-bond donors (Lipinski definition) is 2. The van der Waals surface area contributed by atoms with Gasteiger partial charge in [-0.25, -0.2) is 4.39 Å². The van der Waals surface area contributed by atoms with Gasteiger partial charge in [0.15, 0.2) is 0 Å². The SMILES string of the molecule is CC(CCc1ccccc1F)C(=O)NC1CCNCC1C. The Morgan fingerprint density at radius 1 is 1.48 bits per heavy atom. The van der Waals surface area contributed by atoms with Crippen LogP contribution >= 0.6 is 0 Å². The monoisotopic (exact) mass is 292 g/mol. The second kappa shape index (κ2) is 7.55. The maximum absolute atomic E-state index is 13.6. The summed E-state index contributed by atoms with van der Waals surface area (Å²) < 4.78 is 13.6. The number of amides is 1. The first-order valence-electron chi connectivity index (χ1n) is 7.82. The smallest absolute Gasteiger partial charge is 0.223 e. The summed E-state index contributed by atoms with van der Waals surface area (Å²) in [5.74, 6) is 0.273. The highest BCUT2D eigenvalue weighted by atomic mass is 19.1. The number of piperidine rings is 1. The Kier molecular flexibility index (Phi) is 5.74. The molecule has 3 atom stereocenters. The Labute approximate surface area is 126 Å². The molecule has 1 aromatic rings. The quantitative estimate of drug-likeness (QED) is 0.875. The van der Waals surface area contributed by atoms with E-state index in [1.807, 2.05) is 13.0 Å². The lowest BCUT2D eigenvalue weighted by Gasteiger charge is -2.31. The Morgan fingerprint density at radius 3 is 2.95 bits per heavy atom. The summed E-state index contributed by atoms with van der Waals surface area (Å²) >= 11 is 0. The van der Waals surface area contributed by atoms with Crippen LogP contribution in [0.15, 0.2) is 24.3 Å². The van der Waals surface area contributed by atoms with E-state index in [9.17, 15) is 9.18 Å². The van der Waals surface area contributed by atoms with E-state index in [4.69, 9.17) is 0 Å². The molecule has 0 aliphatic carbocycles. The summed E-state index contributed by atoms with van der Waals surface area (Å²) in [5, 5.41) is 6.47. The lowest BCUT2D eigenvalue weighted by Crippen LogP contribution is -2.49. The number of carbonyl (C=O) groups is 1. The molecule has 1 aliphatic rings. The molecule has 116 valence electrons. The van der Waals surface area contributed by atoms with E-state index in [1.165, 1.54) is 6.07 Å². The number of hydrogen-bond acceptors (Lipinski definition) is 2. The molecule has 1 saturated heterocycles. The van der Waals surface area contributed by atoms with Crippen molar-refractivity contribution in [2.75, 3.05) is 13.1 Å². The van der Waals surface area contributed by atoms with Crippen LogP contribution < -0.4 is 10.6 Å². The van der Waals surface area contributed by atoms with Gasteiger partial charge in [-0.3, -0.25) is 4.79 Å². The zero-order valence-electron chi connectivity index (χ0n) is 12.9. The lowest BCUT2D eigenvalue weighted by molar-refractivity contribution is -0.125. The molecule has 1 fully saturated rings.